The third kappa shape index (κ3) is 2.13. The first-order valence-electron chi connectivity index (χ1n) is 5.94. The van der Waals surface area contributed by atoms with Gasteiger partial charge in [-0.05, 0) is 49.1 Å². The summed E-state index contributed by atoms with van der Waals surface area (Å²) in [4.78, 5) is 1.32. The average molecular weight is 282 g/mol. The molecule has 1 unspecified atom stereocenters. The van der Waals surface area contributed by atoms with Crippen LogP contribution >= 0.6 is 22.9 Å². The lowest BCUT2D eigenvalue weighted by Crippen LogP contribution is -2.08. The molecule has 2 aromatic rings. The van der Waals surface area contributed by atoms with Gasteiger partial charge in [-0.1, -0.05) is 17.7 Å². The van der Waals surface area contributed by atoms with E-state index in [1.807, 2.05) is 19.1 Å². The molecular weight excluding hydrogens is 269 g/mol. The van der Waals surface area contributed by atoms with Crippen molar-refractivity contribution in [2.75, 3.05) is 5.32 Å². The highest BCUT2D eigenvalue weighted by molar-refractivity contribution is 7.16. The van der Waals surface area contributed by atoms with Gasteiger partial charge in [-0.2, -0.15) is 0 Å². The Balaban J connectivity index is 1.85. The average Bonchev–Trinajstić information content (AvgIpc) is 2.83. The molecule has 1 nitrogen and oxygen atoms in total. The van der Waals surface area contributed by atoms with Crippen LogP contribution in [-0.2, 0) is 6.42 Å². The van der Waals surface area contributed by atoms with Gasteiger partial charge in [0.2, 0.25) is 0 Å². The molecular formula is C14H13ClFNS. The highest BCUT2D eigenvalue weighted by Gasteiger charge is 2.25. The van der Waals surface area contributed by atoms with Gasteiger partial charge < -0.3 is 5.32 Å². The van der Waals surface area contributed by atoms with Crippen LogP contribution in [0.5, 0.6) is 0 Å². The van der Waals surface area contributed by atoms with Gasteiger partial charge in [0, 0.05) is 4.88 Å². The van der Waals surface area contributed by atoms with Gasteiger partial charge in [0.25, 0.3) is 0 Å². The van der Waals surface area contributed by atoms with E-state index in [0.717, 1.165) is 22.7 Å². The molecule has 0 radical (unpaired) electrons. The molecule has 0 aliphatic heterocycles. The molecule has 1 atom stereocenters. The number of nitrogens with one attached hydrogen (secondary N) is 1. The van der Waals surface area contributed by atoms with E-state index in [2.05, 4.69) is 5.32 Å². The summed E-state index contributed by atoms with van der Waals surface area (Å²) >= 11 is 7.64. The Labute approximate surface area is 115 Å². The largest absolute Gasteiger partial charge is 0.376 e. The second-order valence-electron chi connectivity index (χ2n) is 4.65. The summed E-state index contributed by atoms with van der Waals surface area (Å²) in [7, 11) is 0. The van der Waals surface area contributed by atoms with E-state index in [1.54, 1.807) is 23.5 Å². The van der Waals surface area contributed by atoms with E-state index in [4.69, 9.17) is 11.6 Å². The fourth-order valence-electron chi connectivity index (χ4n) is 2.40. The second kappa shape index (κ2) is 4.56. The Hall–Kier alpha value is -1.06. The van der Waals surface area contributed by atoms with Gasteiger partial charge in [-0.3, -0.25) is 0 Å². The number of fused-ring (bicyclic) bond motifs is 1. The zero-order valence-corrected chi connectivity index (χ0v) is 11.5. The fraction of sp³-hybridized carbons (Fsp3) is 0.286. The Morgan fingerprint density at radius 3 is 3.00 bits per heavy atom. The predicted molar refractivity (Wildman–Crippen MR) is 75.2 cm³/mol. The summed E-state index contributed by atoms with van der Waals surface area (Å²) < 4.78 is 14.6. The van der Waals surface area contributed by atoms with Crippen molar-refractivity contribution >= 4 is 28.6 Å². The minimum absolute atomic E-state index is 0.181. The molecule has 1 aliphatic rings. The zero-order valence-electron chi connectivity index (χ0n) is 9.97. The van der Waals surface area contributed by atoms with Crippen molar-refractivity contribution in [3.63, 3.8) is 0 Å². The van der Waals surface area contributed by atoms with Gasteiger partial charge in [0.05, 0.1) is 16.1 Å². The molecule has 1 N–H and O–H groups in total. The monoisotopic (exact) mass is 281 g/mol. The maximum atomic E-state index is 13.8. The van der Waals surface area contributed by atoms with Crippen molar-refractivity contribution in [3.8, 4) is 0 Å². The summed E-state index contributed by atoms with van der Waals surface area (Å²) in [5.74, 6) is -0.190. The predicted octanol–water partition coefficient (Wildman–Crippen LogP) is 4.95. The van der Waals surface area contributed by atoms with Crippen LogP contribution in [0, 0.1) is 12.7 Å². The van der Waals surface area contributed by atoms with Gasteiger partial charge in [0.15, 0.2) is 0 Å². The van der Waals surface area contributed by atoms with E-state index in [0.29, 0.717) is 5.69 Å². The summed E-state index contributed by atoms with van der Waals surface area (Å²) in [5.41, 5.74) is 2.73. The van der Waals surface area contributed by atoms with Gasteiger partial charge in [0.1, 0.15) is 5.82 Å². The number of hydrogen-bond donors (Lipinski definition) is 1. The molecule has 4 heteroatoms. The van der Waals surface area contributed by atoms with Crippen LogP contribution in [0.3, 0.4) is 0 Å². The van der Waals surface area contributed by atoms with Crippen LogP contribution in [0.15, 0.2) is 24.3 Å². The molecule has 0 fully saturated rings. The van der Waals surface area contributed by atoms with Gasteiger partial charge in [-0.25, -0.2) is 4.39 Å². The first-order chi connectivity index (χ1) is 8.63. The van der Waals surface area contributed by atoms with Crippen LogP contribution in [0.2, 0.25) is 4.34 Å². The Morgan fingerprint density at radius 1 is 1.39 bits per heavy atom. The summed E-state index contributed by atoms with van der Waals surface area (Å²) in [5, 5.41) is 3.28. The Kier molecular flexibility index (Phi) is 3.04. The second-order valence-corrected chi connectivity index (χ2v) is 6.42. The third-order valence-corrected chi connectivity index (χ3v) is 4.64. The Bertz CT molecular complexity index is 593. The van der Waals surface area contributed by atoms with E-state index >= 15 is 0 Å². The van der Waals surface area contributed by atoms with Crippen molar-refractivity contribution < 1.29 is 4.39 Å². The smallest absolute Gasteiger partial charge is 0.146 e. The van der Waals surface area contributed by atoms with Crippen molar-refractivity contribution in [2.24, 2.45) is 0 Å². The molecule has 3 rings (SSSR count). The van der Waals surface area contributed by atoms with E-state index in [-0.39, 0.29) is 11.9 Å². The first-order valence-corrected chi connectivity index (χ1v) is 7.14. The molecule has 94 valence electrons. The van der Waals surface area contributed by atoms with Crippen molar-refractivity contribution in [2.45, 2.75) is 25.8 Å². The van der Waals surface area contributed by atoms with E-state index in [1.165, 1.54) is 10.4 Å². The van der Waals surface area contributed by atoms with E-state index < -0.39 is 0 Å². The van der Waals surface area contributed by atoms with Crippen LogP contribution in [-0.4, -0.2) is 0 Å². The SMILES string of the molecule is Cc1ccc(NC2CCc3sc(Cl)cc32)c(F)c1. The molecule has 0 saturated heterocycles. The molecule has 0 spiro atoms. The molecule has 1 aliphatic carbocycles. The molecule has 0 bridgehead atoms. The first kappa shape index (κ1) is 12.0. The van der Waals surface area contributed by atoms with Crippen LogP contribution in [0.1, 0.15) is 28.5 Å². The minimum atomic E-state index is -0.190. The molecule has 0 amide bonds. The fourth-order valence-corrected chi connectivity index (χ4v) is 3.76. The minimum Gasteiger partial charge on any atom is -0.376 e. The Morgan fingerprint density at radius 2 is 2.22 bits per heavy atom. The van der Waals surface area contributed by atoms with E-state index in [9.17, 15) is 4.39 Å². The molecule has 1 aromatic carbocycles. The van der Waals surface area contributed by atoms with Crippen molar-refractivity contribution in [1.29, 1.82) is 0 Å². The zero-order chi connectivity index (χ0) is 12.7. The summed E-state index contributed by atoms with van der Waals surface area (Å²) in [6.45, 7) is 1.89. The quantitative estimate of drug-likeness (QED) is 0.821. The van der Waals surface area contributed by atoms with Crippen LogP contribution in [0.4, 0.5) is 10.1 Å². The lowest BCUT2D eigenvalue weighted by Gasteiger charge is -2.15. The summed E-state index contributed by atoms with van der Waals surface area (Å²) in [6, 6.07) is 7.45. The summed E-state index contributed by atoms with van der Waals surface area (Å²) in [6.07, 6.45) is 2.03. The molecule has 18 heavy (non-hydrogen) atoms. The van der Waals surface area contributed by atoms with Crippen molar-refractivity contribution in [3.05, 3.63) is 50.4 Å². The maximum absolute atomic E-state index is 13.8. The number of halogens is 2. The number of hydrogen-bond acceptors (Lipinski definition) is 2. The van der Waals surface area contributed by atoms with Gasteiger partial charge in [-0.15, -0.1) is 11.3 Å². The lowest BCUT2D eigenvalue weighted by molar-refractivity contribution is 0.623. The number of rotatable bonds is 2. The molecule has 1 aromatic heterocycles. The molecule has 0 saturated carbocycles. The normalized spacial score (nSPS) is 17.8. The standard InChI is InChI=1S/C14H13ClFNS/c1-8-2-3-12(10(16)6-8)17-11-4-5-13-9(11)7-14(15)18-13/h2-3,6-7,11,17H,4-5H2,1H3. The maximum Gasteiger partial charge on any atom is 0.146 e. The van der Waals surface area contributed by atoms with Crippen LogP contribution in [0.25, 0.3) is 0 Å². The number of thiophene rings is 1. The number of aryl methyl sites for hydroxylation is 2. The van der Waals surface area contributed by atoms with Crippen LogP contribution < -0.4 is 5.32 Å². The highest BCUT2D eigenvalue weighted by Crippen LogP contribution is 2.41. The lowest BCUT2D eigenvalue weighted by atomic mass is 10.1. The number of benzene rings is 1. The van der Waals surface area contributed by atoms with Crippen molar-refractivity contribution in [1.82, 2.24) is 0 Å². The number of anilines is 1. The molecule has 1 heterocycles. The highest BCUT2D eigenvalue weighted by atomic mass is 35.5. The van der Waals surface area contributed by atoms with Gasteiger partial charge >= 0.3 is 0 Å². The third-order valence-electron chi connectivity index (χ3n) is 3.30. The topological polar surface area (TPSA) is 12.0 Å².